The predicted molar refractivity (Wildman–Crippen MR) is 94.0 cm³/mol. The molecule has 0 bridgehead atoms. The lowest BCUT2D eigenvalue weighted by Crippen LogP contribution is -2.49. The van der Waals surface area contributed by atoms with E-state index in [1.54, 1.807) is 0 Å². The molecule has 0 aliphatic carbocycles. The quantitative estimate of drug-likeness (QED) is 0.709. The molecule has 0 aromatic carbocycles. The number of piperidine rings is 1. The molecule has 3 amide bonds. The molecular formula is C18H31N3O4. The van der Waals surface area contributed by atoms with Gasteiger partial charge in [-0.25, -0.2) is 4.79 Å². The summed E-state index contributed by atoms with van der Waals surface area (Å²) in [6, 6.07) is 0.199. The number of carbonyl (C=O) groups excluding carboxylic acids is 3. The van der Waals surface area contributed by atoms with Crippen LogP contribution < -0.4 is 5.32 Å². The van der Waals surface area contributed by atoms with Gasteiger partial charge in [-0.15, -0.1) is 0 Å². The van der Waals surface area contributed by atoms with E-state index in [1.807, 2.05) is 9.80 Å². The third-order valence-electron chi connectivity index (χ3n) is 5.20. The first-order valence-corrected chi connectivity index (χ1v) is 9.39. The number of hydrogen-bond acceptors (Lipinski definition) is 4. The Labute approximate surface area is 150 Å². The molecule has 2 saturated heterocycles. The van der Waals surface area contributed by atoms with E-state index in [9.17, 15) is 14.4 Å². The second-order valence-corrected chi connectivity index (χ2v) is 7.28. The third-order valence-corrected chi connectivity index (χ3v) is 5.20. The Kier molecular flexibility index (Phi) is 6.67. The number of nitrogens with zero attached hydrogens (tertiary/aromatic N) is 2. The molecule has 2 aliphatic rings. The van der Waals surface area contributed by atoms with Crippen LogP contribution >= 0.6 is 0 Å². The van der Waals surface area contributed by atoms with Crippen molar-refractivity contribution in [3.05, 3.63) is 0 Å². The van der Waals surface area contributed by atoms with E-state index in [0.717, 1.165) is 12.8 Å². The molecule has 1 atom stereocenters. The topological polar surface area (TPSA) is 78.9 Å². The normalized spacial score (nSPS) is 20.5. The number of rotatable bonds is 7. The minimum atomic E-state index is -0.425. The van der Waals surface area contributed by atoms with Gasteiger partial charge >= 0.3 is 6.09 Å². The highest BCUT2D eigenvalue weighted by Gasteiger charge is 2.48. The van der Waals surface area contributed by atoms with Crippen molar-refractivity contribution in [3.8, 4) is 0 Å². The zero-order valence-corrected chi connectivity index (χ0v) is 15.7. The summed E-state index contributed by atoms with van der Waals surface area (Å²) in [6.45, 7) is 8.07. The van der Waals surface area contributed by atoms with Gasteiger partial charge in [0.1, 0.15) is 5.60 Å². The third kappa shape index (κ3) is 5.09. The summed E-state index contributed by atoms with van der Waals surface area (Å²) in [5.74, 6) is 0.0398. The highest BCUT2D eigenvalue weighted by atomic mass is 16.6. The van der Waals surface area contributed by atoms with Gasteiger partial charge in [0, 0.05) is 51.9 Å². The zero-order valence-electron chi connectivity index (χ0n) is 15.7. The fourth-order valence-electron chi connectivity index (χ4n) is 3.65. The molecule has 2 aliphatic heterocycles. The smallest absolute Gasteiger partial charge is 0.410 e. The van der Waals surface area contributed by atoms with Crippen LogP contribution in [0.1, 0.15) is 59.3 Å². The monoisotopic (exact) mass is 353 g/mol. The number of likely N-dealkylation sites (tertiary alicyclic amines) is 1. The lowest BCUT2D eigenvalue weighted by atomic mass is 9.90. The van der Waals surface area contributed by atoms with Crippen molar-refractivity contribution < 1.29 is 19.1 Å². The van der Waals surface area contributed by atoms with E-state index >= 15 is 0 Å². The van der Waals surface area contributed by atoms with Crippen LogP contribution in [0.2, 0.25) is 0 Å². The van der Waals surface area contributed by atoms with Crippen molar-refractivity contribution in [2.45, 2.75) is 70.9 Å². The van der Waals surface area contributed by atoms with E-state index in [-0.39, 0.29) is 23.9 Å². The fourth-order valence-corrected chi connectivity index (χ4v) is 3.65. The maximum Gasteiger partial charge on any atom is 0.410 e. The molecule has 25 heavy (non-hydrogen) atoms. The number of carbonyl (C=O) groups is 3. The van der Waals surface area contributed by atoms with Crippen molar-refractivity contribution in [3.63, 3.8) is 0 Å². The number of nitrogens with one attached hydrogen (secondary N) is 1. The summed E-state index contributed by atoms with van der Waals surface area (Å²) >= 11 is 0. The number of hydrogen-bond donors (Lipinski definition) is 1. The second kappa shape index (κ2) is 8.54. The van der Waals surface area contributed by atoms with Crippen LogP contribution in [0.15, 0.2) is 0 Å². The highest BCUT2D eigenvalue weighted by Crippen LogP contribution is 2.34. The molecule has 2 rings (SSSR count). The first-order valence-electron chi connectivity index (χ1n) is 9.39. The Balaban J connectivity index is 1.78. The molecule has 7 nitrogen and oxygen atoms in total. The first kappa shape index (κ1) is 19.5. The van der Waals surface area contributed by atoms with E-state index in [2.05, 4.69) is 19.2 Å². The van der Waals surface area contributed by atoms with Gasteiger partial charge < -0.3 is 19.9 Å². The Bertz CT molecular complexity index is 501. The van der Waals surface area contributed by atoms with Gasteiger partial charge in [-0.3, -0.25) is 9.59 Å². The van der Waals surface area contributed by atoms with E-state index in [4.69, 9.17) is 4.74 Å². The van der Waals surface area contributed by atoms with Crippen LogP contribution in [0.4, 0.5) is 4.79 Å². The number of ether oxygens (including phenoxy) is 1. The fraction of sp³-hybridized carbons (Fsp3) is 0.833. The second-order valence-electron chi connectivity index (χ2n) is 7.28. The highest BCUT2D eigenvalue weighted by molar-refractivity contribution is 5.77. The molecule has 7 heteroatoms. The van der Waals surface area contributed by atoms with E-state index in [1.165, 1.54) is 6.92 Å². The number of amides is 3. The average molecular weight is 353 g/mol. The molecule has 0 aromatic heterocycles. The van der Waals surface area contributed by atoms with Gasteiger partial charge in [0.05, 0.1) is 6.54 Å². The van der Waals surface area contributed by atoms with Gasteiger partial charge in [-0.1, -0.05) is 13.3 Å². The maximum absolute atomic E-state index is 12.3. The molecule has 1 unspecified atom stereocenters. The van der Waals surface area contributed by atoms with Gasteiger partial charge in [0.15, 0.2) is 0 Å². The minimum Gasteiger partial charge on any atom is -0.441 e. The van der Waals surface area contributed by atoms with Gasteiger partial charge in [-0.2, -0.15) is 0 Å². The Morgan fingerprint density at radius 3 is 2.60 bits per heavy atom. The molecule has 142 valence electrons. The standard InChI is InChI=1S/C18H31N3O4/c1-4-6-14(2)21-13-18(25-17(21)24)8-11-20(12-9-18)16(23)7-5-10-19-15(3)22/h14H,4-13H2,1-3H3,(H,19,22). The van der Waals surface area contributed by atoms with Crippen molar-refractivity contribution in [2.75, 3.05) is 26.2 Å². The summed E-state index contributed by atoms with van der Waals surface area (Å²) < 4.78 is 5.72. The largest absolute Gasteiger partial charge is 0.441 e. The summed E-state index contributed by atoms with van der Waals surface area (Å²) in [5.41, 5.74) is -0.425. The van der Waals surface area contributed by atoms with E-state index in [0.29, 0.717) is 51.9 Å². The molecule has 0 aromatic rings. The molecular weight excluding hydrogens is 322 g/mol. The van der Waals surface area contributed by atoms with Crippen molar-refractivity contribution in [1.29, 1.82) is 0 Å². The lowest BCUT2D eigenvalue weighted by Gasteiger charge is -2.37. The Morgan fingerprint density at radius 1 is 1.32 bits per heavy atom. The van der Waals surface area contributed by atoms with Crippen LogP contribution in [0.25, 0.3) is 0 Å². The van der Waals surface area contributed by atoms with Crippen LogP contribution in [0, 0.1) is 0 Å². The lowest BCUT2D eigenvalue weighted by molar-refractivity contribution is -0.134. The summed E-state index contributed by atoms with van der Waals surface area (Å²) in [7, 11) is 0. The molecule has 1 N–H and O–H groups in total. The predicted octanol–water partition coefficient (Wildman–Crippen LogP) is 1.90. The zero-order chi connectivity index (χ0) is 18.4. The molecule has 2 heterocycles. The summed E-state index contributed by atoms with van der Waals surface area (Å²) in [5, 5.41) is 2.70. The first-order chi connectivity index (χ1) is 11.9. The van der Waals surface area contributed by atoms with Crippen molar-refractivity contribution in [1.82, 2.24) is 15.1 Å². The average Bonchev–Trinajstić information content (AvgIpc) is 2.88. The van der Waals surface area contributed by atoms with E-state index < -0.39 is 5.60 Å². The Hall–Kier alpha value is -1.79. The SMILES string of the molecule is CCCC(C)N1CC2(CCN(C(=O)CCCNC(C)=O)CC2)OC1=O. The summed E-state index contributed by atoms with van der Waals surface area (Å²) in [6.07, 6.45) is 4.29. The van der Waals surface area contributed by atoms with Crippen molar-refractivity contribution in [2.24, 2.45) is 0 Å². The molecule has 0 radical (unpaired) electrons. The van der Waals surface area contributed by atoms with Crippen LogP contribution in [-0.4, -0.2) is 65.5 Å². The van der Waals surface area contributed by atoms with Crippen molar-refractivity contribution >= 4 is 17.9 Å². The van der Waals surface area contributed by atoms with Gasteiger partial charge in [0.25, 0.3) is 0 Å². The molecule has 2 fully saturated rings. The maximum atomic E-state index is 12.3. The van der Waals surface area contributed by atoms with Crippen LogP contribution in [0.3, 0.4) is 0 Å². The molecule has 1 spiro atoms. The minimum absolute atomic E-state index is 0.0720. The van der Waals surface area contributed by atoms with Gasteiger partial charge in [0.2, 0.25) is 11.8 Å². The van der Waals surface area contributed by atoms with Gasteiger partial charge in [-0.05, 0) is 19.8 Å². The summed E-state index contributed by atoms with van der Waals surface area (Å²) in [4.78, 5) is 39.0. The Morgan fingerprint density at radius 2 is 2.00 bits per heavy atom. The molecule has 0 saturated carbocycles. The van der Waals surface area contributed by atoms with Crippen LogP contribution in [0.5, 0.6) is 0 Å². The van der Waals surface area contributed by atoms with Crippen LogP contribution in [-0.2, 0) is 14.3 Å².